The smallest absolute Gasteiger partial charge is 0.387 e. The average Bonchev–Trinajstić information content (AvgIpc) is 3.36. The summed E-state index contributed by atoms with van der Waals surface area (Å²) in [6, 6.07) is 9.70. The maximum atomic E-state index is 12.8. The first-order valence-electron chi connectivity index (χ1n) is 9.99. The molecule has 11 heteroatoms. The maximum absolute atomic E-state index is 12.8. The first kappa shape index (κ1) is 22.5. The lowest BCUT2D eigenvalue weighted by molar-refractivity contribution is -0.0498. The molecule has 0 spiro atoms. The molecule has 0 atom stereocenters. The maximum Gasteiger partial charge on any atom is 0.387 e. The first-order valence-corrected chi connectivity index (χ1v) is 10.8. The first-order chi connectivity index (χ1) is 15.9. The van der Waals surface area contributed by atoms with E-state index in [-0.39, 0.29) is 18.1 Å². The Kier molecular flexibility index (Phi) is 6.68. The van der Waals surface area contributed by atoms with Gasteiger partial charge in [0.05, 0.1) is 17.1 Å². The lowest BCUT2D eigenvalue weighted by atomic mass is 10.1. The summed E-state index contributed by atoms with van der Waals surface area (Å²) in [5, 5.41) is 4.46. The standard InChI is InChI=1S/C22H19F2N5O3S/c1-14-19(18(30)9-6-15-3-2-10-25-11-15)33-21(27-14)28-13-26-29(22(28)31)12-16-4-7-17(8-5-16)32-20(23)24/h2-5,7-8,10-11,13,20H,6,9,12H2,1H3. The number of aryl methyl sites for hydroxylation is 2. The Hall–Kier alpha value is -3.73. The molecule has 0 aliphatic carbocycles. The van der Waals surface area contributed by atoms with Crippen LogP contribution >= 0.6 is 11.3 Å². The molecule has 0 aliphatic heterocycles. The van der Waals surface area contributed by atoms with E-state index in [0.717, 1.165) is 16.9 Å². The van der Waals surface area contributed by atoms with Gasteiger partial charge in [-0.1, -0.05) is 29.5 Å². The molecule has 0 unspecified atom stereocenters. The van der Waals surface area contributed by atoms with Crippen LogP contribution in [0.25, 0.3) is 5.13 Å². The van der Waals surface area contributed by atoms with E-state index in [4.69, 9.17) is 0 Å². The number of aromatic nitrogens is 5. The molecule has 0 amide bonds. The SMILES string of the molecule is Cc1nc(-n2cnn(Cc3ccc(OC(F)F)cc3)c2=O)sc1C(=O)CCc1cccnc1. The van der Waals surface area contributed by atoms with E-state index in [0.29, 0.717) is 34.1 Å². The summed E-state index contributed by atoms with van der Waals surface area (Å²) >= 11 is 1.14. The molecule has 0 saturated carbocycles. The number of nitrogens with zero attached hydrogens (tertiary/aromatic N) is 5. The second kappa shape index (κ2) is 9.82. The van der Waals surface area contributed by atoms with Crippen LogP contribution < -0.4 is 10.4 Å². The van der Waals surface area contributed by atoms with Gasteiger partial charge in [0.2, 0.25) is 0 Å². The molecule has 33 heavy (non-hydrogen) atoms. The highest BCUT2D eigenvalue weighted by Gasteiger charge is 2.18. The third-order valence-electron chi connectivity index (χ3n) is 4.82. The van der Waals surface area contributed by atoms with Gasteiger partial charge in [0.1, 0.15) is 12.1 Å². The van der Waals surface area contributed by atoms with Crippen molar-refractivity contribution >= 4 is 17.1 Å². The van der Waals surface area contributed by atoms with Crippen LogP contribution in [0, 0.1) is 6.92 Å². The predicted octanol–water partition coefficient (Wildman–Crippen LogP) is 3.66. The molecule has 0 N–H and O–H groups in total. The molecule has 0 bridgehead atoms. The summed E-state index contributed by atoms with van der Waals surface area (Å²) in [5.74, 6) is -0.0164. The second-order valence-electron chi connectivity index (χ2n) is 7.16. The van der Waals surface area contributed by atoms with Crippen LogP contribution in [0.2, 0.25) is 0 Å². The van der Waals surface area contributed by atoms with Gasteiger partial charge < -0.3 is 4.74 Å². The minimum Gasteiger partial charge on any atom is -0.435 e. The normalized spacial score (nSPS) is 11.2. The zero-order valence-electron chi connectivity index (χ0n) is 17.5. The average molecular weight is 471 g/mol. The number of halogens is 2. The van der Waals surface area contributed by atoms with Crippen LogP contribution in [0.1, 0.15) is 32.9 Å². The zero-order chi connectivity index (χ0) is 23.4. The van der Waals surface area contributed by atoms with Crippen molar-refractivity contribution in [2.24, 2.45) is 0 Å². The highest BCUT2D eigenvalue weighted by molar-refractivity contribution is 7.16. The van der Waals surface area contributed by atoms with Crippen molar-refractivity contribution in [3.8, 4) is 10.9 Å². The van der Waals surface area contributed by atoms with Crippen LogP contribution in [-0.2, 0) is 13.0 Å². The molecule has 170 valence electrons. The molecule has 3 aromatic heterocycles. The summed E-state index contributed by atoms with van der Waals surface area (Å²) in [4.78, 5) is 34.4. The monoisotopic (exact) mass is 471 g/mol. The van der Waals surface area contributed by atoms with Gasteiger partial charge in [0.25, 0.3) is 0 Å². The third kappa shape index (κ3) is 5.37. The van der Waals surface area contributed by atoms with Gasteiger partial charge in [0.15, 0.2) is 10.9 Å². The van der Waals surface area contributed by atoms with Gasteiger partial charge in [-0.25, -0.2) is 19.0 Å². The molecule has 4 rings (SSSR count). The van der Waals surface area contributed by atoms with Gasteiger partial charge in [-0.15, -0.1) is 0 Å². The van der Waals surface area contributed by atoms with E-state index in [1.165, 1.54) is 27.7 Å². The fourth-order valence-electron chi connectivity index (χ4n) is 3.19. The molecule has 4 aromatic rings. The summed E-state index contributed by atoms with van der Waals surface area (Å²) in [6.45, 7) is -1.03. The van der Waals surface area contributed by atoms with E-state index in [2.05, 4.69) is 19.8 Å². The van der Waals surface area contributed by atoms with E-state index < -0.39 is 12.3 Å². The summed E-state index contributed by atoms with van der Waals surface area (Å²) in [6.07, 6.45) is 5.63. The number of ketones is 1. The predicted molar refractivity (Wildman–Crippen MR) is 117 cm³/mol. The second-order valence-corrected chi connectivity index (χ2v) is 8.14. The number of carbonyl (C=O) groups is 1. The molecule has 8 nitrogen and oxygen atoms in total. The molecular weight excluding hydrogens is 452 g/mol. The van der Waals surface area contributed by atoms with Crippen molar-refractivity contribution in [1.29, 1.82) is 0 Å². The van der Waals surface area contributed by atoms with Gasteiger partial charge in [-0.2, -0.15) is 13.9 Å². The zero-order valence-corrected chi connectivity index (χ0v) is 18.3. The van der Waals surface area contributed by atoms with Crippen molar-refractivity contribution < 1.29 is 18.3 Å². The fourth-order valence-corrected chi connectivity index (χ4v) is 4.19. The quantitative estimate of drug-likeness (QED) is 0.346. The Morgan fingerprint density at radius 2 is 1.97 bits per heavy atom. The molecule has 0 saturated heterocycles. The minimum atomic E-state index is -2.90. The Labute approximate surface area is 191 Å². The number of ether oxygens (including phenoxy) is 1. The third-order valence-corrected chi connectivity index (χ3v) is 6.02. The number of alkyl halides is 2. The summed E-state index contributed by atoms with van der Waals surface area (Å²) < 4.78 is 31.4. The van der Waals surface area contributed by atoms with Crippen LogP contribution in [-0.4, -0.2) is 36.7 Å². The Bertz CT molecular complexity index is 1300. The van der Waals surface area contributed by atoms with Crippen molar-refractivity contribution in [3.63, 3.8) is 0 Å². The van der Waals surface area contributed by atoms with E-state index in [9.17, 15) is 18.4 Å². The van der Waals surface area contributed by atoms with Crippen LogP contribution in [0.5, 0.6) is 5.75 Å². The Balaban J connectivity index is 1.47. The minimum absolute atomic E-state index is 0.0330. The molecule has 3 heterocycles. The van der Waals surface area contributed by atoms with Crippen molar-refractivity contribution in [2.75, 3.05) is 0 Å². The van der Waals surface area contributed by atoms with Crippen molar-refractivity contribution in [3.05, 3.63) is 87.3 Å². The van der Waals surface area contributed by atoms with Gasteiger partial charge >= 0.3 is 12.3 Å². The number of hydrogen-bond donors (Lipinski definition) is 0. The number of rotatable bonds is 9. The van der Waals surface area contributed by atoms with Crippen molar-refractivity contribution in [2.45, 2.75) is 32.9 Å². The fraction of sp³-hybridized carbons (Fsp3) is 0.227. The van der Waals surface area contributed by atoms with E-state index in [1.807, 2.05) is 12.1 Å². The Morgan fingerprint density at radius 1 is 1.18 bits per heavy atom. The van der Waals surface area contributed by atoms with E-state index in [1.54, 1.807) is 31.5 Å². The number of thiazole rings is 1. The molecule has 0 aliphatic rings. The number of benzene rings is 1. The topological polar surface area (TPSA) is 91.9 Å². The highest BCUT2D eigenvalue weighted by Crippen LogP contribution is 2.23. The molecular formula is C22H19F2N5O3S. The lowest BCUT2D eigenvalue weighted by Gasteiger charge is -2.05. The lowest BCUT2D eigenvalue weighted by Crippen LogP contribution is -2.24. The van der Waals surface area contributed by atoms with Crippen LogP contribution in [0.4, 0.5) is 8.78 Å². The van der Waals surface area contributed by atoms with Gasteiger partial charge in [-0.05, 0) is 42.7 Å². The van der Waals surface area contributed by atoms with Gasteiger partial charge in [-0.3, -0.25) is 9.78 Å². The summed E-state index contributed by atoms with van der Waals surface area (Å²) in [7, 11) is 0. The molecule has 1 aromatic carbocycles. The van der Waals surface area contributed by atoms with Gasteiger partial charge in [0, 0.05) is 18.8 Å². The number of hydrogen-bond acceptors (Lipinski definition) is 7. The van der Waals surface area contributed by atoms with Crippen LogP contribution in [0.15, 0.2) is 59.9 Å². The van der Waals surface area contributed by atoms with Crippen molar-refractivity contribution in [1.82, 2.24) is 24.3 Å². The highest BCUT2D eigenvalue weighted by atomic mass is 32.1. The summed E-state index contributed by atoms with van der Waals surface area (Å²) in [5.41, 5.74) is 1.79. The molecule has 0 radical (unpaired) electrons. The molecule has 0 fully saturated rings. The van der Waals surface area contributed by atoms with Crippen LogP contribution in [0.3, 0.4) is 0 Å². The van der Waals surface area contributed by atoms with E-state index >= 15 is 0 Å². The Morgan fingerprint density at radius 3 is 2.67 bits per heavy atom. The number of carbonyl (C=O) groups excluding carboxylic acids is 1. The number of Topliss-reactive ketones (excluding diaryl/α,β-unsaturated/α-hetero) is 1. The largest absolute Gasteiger partial charge is 0.435 e. The number of pyridine rings is 1.